The van der Waals surface area contributed by atoms with Crippen LogP contribution in [-0.4, -0.2) is 43.0 Å². The second kappa shape index (κ2) is 8.53. The monoisotopic (exact) mass is 328 g/mol. The number of hydrogen-bond acceptors (Lipinski definition) is 6. The van der Waals surface area contributed by atoms with E-state index in [1.807, 2.05) is 0 Å². The van der Waals surface area contributed by atoms with Gasteiger partial charge >= 0.3 is 5.97 Å². The van der Waals surface area contributed by atoms with Crippen molar-refractivity contribution in [3.63, 3.8) is 0 Å². The predicted octanol–water partition coefficient (Wildman–Crippen LogP) is -1.89. The Morgan fingerprint density at radius 3 is 2.67 bits per heavy atom. The fraction of sp³-hybridized carbons (Fsp3) is 0.308. The van der Waals surface area contributed by atoms with Crippen molar-refractivity contribution in [1.29, 1.82) is 0 Å². The number of nitrogens with one attached hydrogen (secondary N) is 2. The van der Waals surface area contributed by atoms with Crippen LogP contribution in [0.25, 0.3) is 0 Å². The van der Waals surface area contributed by atoms with Crippen LogP contribution in [0.2, 0.25) is 0 Å². The van der Waals surface area contributed by atoms with E-state index in [0.29, 0.717) is 17.0 Å². The molecule has 21 heavy (non-hydrogen) atoms. The number of amides is 1. The number of anilines is 1. The van der Waals surface area contributed by atoms with Gasteiger partial charge in [0.05, 0.1) is 25.0 Å². The molecule has 0 saturated carbocycles. The van der Waals surface area contributed by atoms with Crippen LogP contribution in [0.5, 0.6) is 0 Å². The van der Waals surface area contributed by atoms with Gasteiger partial charge in [0.15, 0.2) is 5.17 Å². The normalized spacial score (nSPS) is 12.7. The number of ether oxygens (including phenoxy) is 1. The largest absolute Gasteiger partial charge is 1.00 e. The van der Waals surface area contributed by atoms with Crippen LogP contribution in [-0.2, 0) is 9.53 Å². The van der Waals surface area contributed by atoms with Gasteiger partial charge in [0, 0.05) is 12.2 Å². The molecule has 1 aromatic carbocycles. The number of hydrogen-bond donors (Lipinski definition) is 2. The summed E-state index contributed by atoms with van der Waals surface area (Å²) in [4.78, 5) is 27.2. The van der Waals surface area contributed by atoms with Crippen LogP contribution in [0.15, 0.2) is 29.3 Å². The van der Waals surface area contributed by atoms with E-state index >= 15 is 0 Å². The molecule has 0 fully saturated rings. The highest BCUT2D eigenvalue weighted by molar-refractivity contribution is 8.14. The molecule has 0 aromatic heterocycles. The highest BCUT2D eigenvalue weighted by atomic mass is 35.5. The summed E-state index contributed by atoms with van der Waals surface area (Å²) in [6.07, 6.45) is 0. The van der Waals surface area contributed by atoms with Crippen molar-refractivity contribution >= 4 is 34.5 Å². The number of nitrogens with zero attached hydrogens (tertiary/aromatic N) is 1. The van der Waals surface area contributed by atoms with E-state index in [-0.39, 0.29) is 18.3 Å². The molecular weight excluding hydrogens is 314 g/mol. The van der Waals surface area contributed by atoms with E-state index in [0.717, 1.165) is 18.3 Å². The summed E-state index contributed by atoms with van der Waals surface area (Å²) in [6.45, 7) is 1.60. The molecule has 114 valence electrons. The zero-order chi connectivity index (χ0) is 14.4. The molecule has 1 amide bonds. The minimum atomic E-state index is -0.399. The van der Waals surface area contributed by atoms with Crippen molar-refractivity contribution in [1.82, 2.24) is 5.32 Å². The number of halogens is 1. The van der Waals surface area contributed by atoms with E-state index in [2.05, 4.69) is 20.4 Å². The number of benzene rings is 1. The third-order valence-corrected chi connectivity index (χ3v) is 3.53. The standard InChI is InChI=1S/C13H15N3O3S.ClH/c1-19-12(18)9-2-4-10(5-3-9)16-11(17)8-20-13-14-6-7-15-13;/h2-5H,6-8H2,1H3,(H,14,15)(H,16,17);1H/p-1. The molecule has 1 aromatic rings. The van der Waals surface area contributed by atoms with Crippen molar-refractivity contribution < 1.29 is 26.7 Å². The van der Waals surface area contributed by atoms with Crippen LogP contribution >= 0.6 is 11.8 Å². The molecule has 0 saturated heterocycles. The lowest BCUT2D eigenvalue weighted by Crippen LogP contribution is -3.00. The van der Waals surface area contributed by atoms with Gasteiger partial charge in [-0.05, 0) is 24.3 Å². The highest BCUT2D eigenvalue weighted by Gasteiger charge is 2.10. The summed E-state index contributed by atoms with van der Waals surface area (Å²) in [7, 11) is 1.33. The molecule has 0 atom stereocenters. The minimum absolute atomic E-state index is 0. The molecule has 0 spiro atoms. The van der Waals surface area contributed by atoms with Crippen molar-refractivity contribution in [2.45, 2.75) is 0 Å². The number of esters is 1. The van der Waals surface area contributed by atoms with Crippen molar-refractivity contribution in [2.24, 2.45) is 4.99 Å². The van der Waals surface area contributed by atoms with Crippen molar-refractivity contribution in [3.05, 3.63) is 29.8 Å². The lowest BCUT2D eigenvalue weighted by atomic mass is 10.2. The molecule has 0 unspecified atom stereocenters. The first-order valence-electron chi connectivity index (χ1n) is 6.08. The maximum atomic E-state index is 11.7. The molecule has 1 aliphatic rings. The molecule has 0 bridgehead atoms. The van der Waals surface area contributed by atoms with Gasteiger partial charge in [0.1, 0.15) is 0 Å². The summed E-state index contributed by atoms with van der Waals surface area (Å²) >= 11 is 1.38. The average molecular weight is 329 g/mol. The van der Waals surface area contributed by atoms with Crippen LogP contribution < -0.4 is 23.0 Å². The Bertz CT molecular complexity index is 534. The molecular formula is C13H15ClN3O3S-. The van der Waals surface area contributed by atoms with Crippen LogP contribution in [0.4, 0.5) is 5.69 Å². The smallest absolute Gasteiger partial charge is 0.337 e. The third kappa shape index (κ3) is 5.28. The first kappa shape index (κ1) is 17.3. The molecule has 2 N–H and O–H groups in total. The zero-order valence-electron chi connectivity index (χ0n) is 11.4. The van der Waals surface area contributed by atoms with E-state index in [4.69, 9.17) is 0 Å². The molecule has 6 nitrogen and oxygen atoms in total. The quantitative estimate of drug-likeness (QED) is 0.632. The Labute approximate surface area is 133 Å². The molecule has 8 heteroatoms. The number of methoxy groups -OCH3 is 1. The Hall–Kier alpha value is -1.73. The van der Waals surface area contributed by atoms with Crippen LogP contribution in [0, 0.1) is 0 Å². The molecule has 0 aliphatic carbocycles. The van der Waals surface area contributed by atoms with Gasteiger partial charge in [-0.1, -0.05) is 11.8 Å². The zero-order valence-corrected chi connectivity index (χ0v) is 13.0. The van der Waals surface area contributed by atoms with E-state index in [9.17, 15) is 9.59 Å². The summed E-state index contributed by atoms with van der Waals surface area (Å²) in [6, 6.07) is 6.55. The van der Waals surface area contributed by atoms with Gasteiger partial charge in [-0.3, -0.25) is 9.79 Å². The molecule has 1 heterocycles. The first-order chi connectivity index (χ1) is 9.69. The number of aliphatic imine (C=N–C) groups is 1. The number of thioether (sulfide) groups is 1. The fourth-order valence-corrected chi connectivity index (χ4v) is 2.34. The van der Waals surface area contributed by atoms with Gasteiger partial charge in [0.25, 0.3) is 0 Å². The van der Waals surface area contributed by atoms with Crippen molar-refractivity contribution in [2.75, 3.05) is 31.3 Å². The second-order valence-corrected chi connectivity index (χ2v) is 4.98. The topological polar surface area (TPSA) is 79.8 Å². The molecule has 1 aliphatic heterocycles. The molecule has 2 rings (SSSR count). The highest BCUT2D eigenvalue weighted by Crippen LogP contribution is 2.12. The summed E-state index contributed by atoms with van der Waals surface area (Å²) < 4.78 is 4.60. The Morgan fingerprint density at radius 1 is 1.38 bits per heavy atom. The van der Waals surface area contributed by atoms with Gasteiger partial charge in [0.2, 0.25) is 5.91 Å². The lowest BCUT2D eigenvalue weighted by molar-refractivity contribution is -0.113. The van der Waals surface area contributed by atoms with Crippen LogP contribution in [0.3, 0.4) is 0 Å². The van der Waals surface area contributed by atoms with E-state index in [1.54, 1.807) is 24.3 Å². The van der Waals surface area contributed by atoms with E-state index in [1.165, 1.54) is 18.9 Å². The van der Waals surface area contributed by atoms with Gasteiger partial charge < -0.3 is 27.8 Å². The maximum Gasteiger partial charge on any atom is 0.337 e. The second-order valence-electron chi connectivity index (χ2n) is 4.02. The predicted molar refractivity (Wildman–Crippen MR) is 79.2 cm³/mol. The Balaban J connectivity index is 0.00000220. The van der Waals surface area contributed by atoms with E-state index < -0.39 is 5.97 Å². The molecule has 0 radical (unpaired) electrons. The summed E-state index contributed by atoms with van der Waals surface area (Å²) in [5.41, 5.74) is 1.09. The van der Waals surface area contributed by atoms with Gasteiger partial charge in [-0.15, -0.1) is 0 Å². The van der Waals surface area contributed by atoms with Crippen molar-refractivity contribution in [3.8, 4) is 0 Å². The first-order valence-corrected chi connectivity index (χ1v) is 7.07. The number of amidine groups is 1. The lowest BCUT2D eigenvalue weighted by Gasteiger charge is -2.06. The number of carbonyl (C=O) groups is 2. The Kier molecular flexibility index (Phi) is 7.04. The number of carbonyl (C=O) groups excluding carboxylic acids is 2. The average Bonchev–Trinajstić information content (AvgIpc) is 2.98. The summed E-state index contributed by atoms with van der Waals surface area (Å²) in [5, 5.41) is 6.65. The fourth-order valence-electron chi connectivity index (χ4n) is 1.61. The number of rotatable bonds is 4. The maximum absolute atomic E-state index is 11.7. The summed E-state index contributed by atoms with van der Waals surface area (Å²) in [5.74, 6) is -0.217. The minimum Gasteiger partial charge on any atom is -1.00 e. The van der Waals surface area contributed by atoms with Crippen LogP contribution in [0.1, 0.15) is 10.4 Å². The van der Waals surface area contributed by atoms with Gasteiger partial charge in [-0.2, -0.15) is 0 Å². The third-order valence-electron chi connectivity index (χ3n) is 2.57. The SMILES string of the molecule is COC(=O)c1ccc(NC(=O)CSC2=NCCN2)cc1.[Cl-]. The Morgan fingerprint density at radius 2 is 2.10 bits per heavy atom. The van der Waals surface area contributed by atoms with Gasteiger partial charge in [-0.25, -0.2) is 4.79 Å².